The first-order valence-electron chi connectivity index (χ1n) is 9.14. The van der Waals surface area contributed by atoms with Crippen molar-refractivity contribution in [3.05, 3.63) is 94.8 Å². The zero-order valence-electron chi connectivity index (χ0n) is 15.8. The number of methoxy groups -OCH3 is 1. The van der Waals surface area contributed by atoms with Crippen LogP contribution in [0.15, 0.2) is 77.2 Å². The Balaban J connectivity index is 1.63. The van der Waals surface area contributed by atoms with Crippen LogP contribution in [0, 0.1) is 0 Å². The number of carbonyl (C=O) groups excluding carboxylic acids is 1. The van der Waals surface area contributed by atoms with Crippen LogP contribution in [0.4, 0.5) is 0 Å². The molecule has 0 saturated heterocycles. The van der Waals surface area contributed by atoms with Gasteiger partial charge in [-0.05, 0) is 48.0 Å². The molecule has 0 unspecified atom stereocenters. The summed E-state index contributed by atoms with van der Waals surface area (Å²) in [5.74, 6) is 1.05. The quantitative estimate of drug-likeness (QED) is 0.434. The summed E-state index contributed by atoms with van der Waals surface area (Å²) in [5, 5.41) is 0.591. The third-order valence-electron chi connectivity index (χ3n) is 4.56. The van der Waals surface area contributed by atoms with E-state index in [-0.39, 0.29) is 12.5 Å². The molecule has 0 N–H and O–H groups in total. The van der Waals surface area contributed by atoms with E-state index in [1.54, 1.807) is 54.5 Å². The number of fused-ring (bicyclic) bond motifs is 1. The molecule has 4 rings (SSSR count). The van der Waals surface area contributed by atoms with Crippen LogP contribution >= 0.6 is 11.6 Å². The van der Waals surface area contributed by atoms with Gasteiger partial charge in [-0.1, -0.05) is 41.9 Å². The molecule has 0 fully saturated rings. The first-order chi connectivity index (χ1) is 14.1. The third kappa shape index (κ3) is 4.41. The summed E-state index contributed by atoms with van der Waals surface area (Å²) in [6, 6.07) is 22.2. The summed E-state index contributed by atoms with van der Waals surface area (Å²) in [5.41, 5.74) is 2.90. The van der Waals surface area contributed by atoms with Gasteiger partial charge in [-0.3, -0.25) is 4.79 Å². The number of halogens is 1. The van der Waals surface area contributed by atoms with Crippen LogP contribution in [-0.4, -0.2) is 22.9 Å². The second kappa shape index (κ2) is 8.37. The van der Waals surface area contributed by atoms with Crippen molar-refractivity contribution in [3.63, 3.8) is 0 Å². The number of benzene rings is 3. The van der Waals surface area contributed by atoms with Crippen molar-refractivity contribution in [1.29, 1.82) is 0 Å². The molecule has 1 amide bonds. The highest BCUT2D eigenvalue weighted by atomic mass is 35.5. The number of oxazole rings is 1. The zero-order valence-corrected chi connectivity index (χ0v) is 16.6. The Labute approximate surface area is 173 Å². The Morgan fingerprint density at radius 1 is 1.03 bits per heavy atom. The Hall–Kier alpha value is -3.31. The lowest BCUT2D eigenvalue weighted by atomic mass is 10.1. The normalized spacial score (nSPS) is 10.8. The number of ether oxygens (including phenoxy) is 1. The van der Waals surface area contributed by atoms with Gasteiger partial charge in [0, 0.05) is 17.1 Å². The van der Waals surface area contributed by atoms with Gasteiger partial charge in [-0.2, -0.15) is 0 Å². The average molecular weight is 407 g/mol. The minimum Gasteiger partial charge on any atom is -0.497 e. The molecule has 0 aliphatic carbocycles. The number of carbonyl (C=O) groups is 1. The highest BCUT2D eigenvalue weighted by Crippen LogP contribution is 2.22. The van der Waals surface area contributed by atoms with E-state index < -0.39 is 0 Å². The van der Waals surface area contributed by atoms with Crippen molar-refractivity contribution in [3.8, 4) is 5.75 Å². The van der Waals surface area contributed by atoms with E-state index in [0.717, 1.165) is 5.56 Å². The molecule has 146 valence electrons. The fourth-order valence-electron chi connectivity index (χ4n) is 3.10. The van der Waals surface area contributed by atoms with E-state index in [0.29, 0.717) is 39.9 Å². The predicted molar refractivity (Wildman–Crippen MR) is 112 cm³/mol. The van der Waals surface area contributed by atoms with Crippen LogP contribution in [0.1, 0.15) is 21.8 Å². The van der Waals surface area contributed by atoms with Gasteiger partial charge in [0.2, 0.25) is 5.89 Å². The van der Waals surface area contributed by atoms with Gasteiger partial charge in [-0.25, -0.2) is 4.98 Å². The predicted octanol–water partition coefficient (Wildman–Crippen LogP) is 5.33. The summed E-state index contributed by atoms with van der Waals surface area (Å²) in [7, 11) is 1.60. The Kier molecular flexibility index (Phi) is 5.49. The molecule has 3 aromatic carbocycles. The second-order valence-corrected chi connectivity index (χ2v) is 7.03. The highest BCUT2D eigenvalue weighted by molar-refractivity contribution is 6.31. The fourth-order valence-corrected chi connectivity index (χ4v) is 3.27. The van der Waals surface area contributed by atoms with Gasteiger partial charge in [0.1, 0.15) is 11.3 Å². The van der Waals surface area contributed by atoms with Crippen LogP contribution in [0.25, 0.3) is 11.1 Å². The summed E-state index contributed by atoms with van der Waals surface area (Å²) in [6.07, 6.45) is 0. The van der Waals surface area contributed by atoms with Crippen molar-refractivity contribution in [2.45, 2.75) is 13.1 Å². The number of nitrogens with zero attached hydrogens (tertiary/aromatic N) is 2. The molecule has 1 heterocycles. The summed E-state index contributed by atoms with van der Waals surface area (Å²) < 4.78 is 11.0. The molecule has 29 heavy (non-hydrogen) atoms. The van der Waals surface area contributed by atoms with E-state index in [1.165, 1.54) is 0 Å². The maximum Gasteiger partial charge on any atom is 0.254 e. The molecular weight excluding hydrogens is 388 g/mol. The Morgan fingerprint density at radius 3 is 2.52 bits per heavy atom. The largest absolute Gasteiger partial charge is 0.497 e. The summed E-state index contributed by atoms with van der Waals surface area (Å²) >= 11 is 6.04. The van der Waals surface area contributed by atoms with Crippen molar-refractivity contribution in [1.82, 2.24) is 9.88 Å². The Morgan fingerprint density at radius 2 is 1.79 bits per heavy atom. The molecule has 0 aliphatic rings. The van der Waals surface area contributed by atoms with Crippen LogP contribution in [0.5, 0.6) is 5.75 Å². The number of aromatic nitrogens is 1. The van der Waals surface area contributed by atoms with Crippen molar-refractivity contribution >= 4 is 28.6 Å². The lowest BCUT2D eigenvalue weighted by molar-refractivity contribution is 0.0715. The SMILES string of the molecule is COc1ccc(C(=O)N(Cc2ccccc2)Cc2nc3cc(Cl)ccc3o2)cc1. The van der Waals surface area contributed by atoms with Gasteiger partial charge in [0.05, 0.1) is 13.7 Å². The van der Waals surface area contributed by atoms with E-state index in [1.807, 2.05) is 30.3 Å². The molecule has 0 bridgehead atoms. The third-order valence-corrected chi connectivity index (χ3v) is 4.80. The zero-order chi connectivity index (χ0) is 20.2. The standard InChI is InChI=1S/C23H19ClN2O3/c1-28-19-10-7-17(8-11-19)23(27)26(14-16-5-3-2-4-6-16)15-22-25-20-13-18(24)9-12-21(20)29-22/h2-13H,14-15H2,1H3. The van der Waals surface area contributed by atoms with Crippen molar-refractivity contribution in [2.24, 2.45) is 0 Å². The minimum atomic E-state index is -0.114. The van der Waals surface area contributed by atoms with Gasteiger partial charge in [-0.15, -0.1) is 0 Å². The van der Waals surface area contributed by atoms with Crippen molar-refractivity contribution in [2.75, 3.05) is 7.11 Å². The smallest absolute Gasteiger partial charge is 0.254 e. The molecule has 5 nitrogen and oxygen atoms in total. The fraction of sp³-hybridized carbons (Fsp3) is 0.130. The number of hydrogen-bond donors (Lipinski definition) is 0. The van der Waals surface area contributed by atoms with E-state index in [9.17, 15) is 4.79 Å². The van der Waals surface area contributed by atoms with Gasteiger partial charge < -0.3 is 14.1 Å². The molecular formula is C23H19ClN2O3. The van der Waals surface area contributed by atoms with Crippen LogP contribution in [0.2, 0.25) is 5.02 Å². The maximum absolute atomic E-state index is 13.2. The minimum absolute atomic E-state index is 0.114. The molecule has 6 heteroatoms. The van der Waals surface area contributed by atoms with E-state index in [4.69, 9.17) is 20.8 Å². The molecule has 0 aliphatic heterocycles. The lowest BCUT2D eigenvalue weighted by Crippen LogP contribution is -2.30. The van der Waals surface area contributed by atoms with Gasteiger partial charge in [0.25, 0.3) is 5.91 Å². The molecule has 0 saturated carbocycles. The van der Waals surface area contributed by atoms with Gasteiger partial charge >= 0.3 is 0 Å². The maximum atomic E-state index is 13.2. The van der Waals surface area contributed by atoms with Crippen molar-refractivity contribution < 1.29 is 13.9 Å². The van der Waals surface area contributed by atoms with E-state index >= 15 is 0 Å². The number of rotatable bonds is 6. The van der Waals surface area contributed by atoms with Gasteiger partial charge in [0.15, 0.2) is 5.58 Å². The molecule has 0 atom stereocenters. The molecule has 4 aromatic rings. The molecule has 0 spiro atoms. The number of hydrogen-bond acceptors (Lipinski definition) is 4. The summed E-state index contributed by atoms with van der Waals surface area (Å²) in [4.78, 5) is 19.4. The first-order valence-corrected chi connectivity index (χ1v) is 9.52. The number of amides is 1. The van der Waals surface area contributed by atoms with E-state index in [2.05, 4.69) is 4.98 Å². The molecule has 0 radical (unpaired) electrons. The summed E-state index contributed by atoms with van der Waals surface area (Å²) in [6.45, 7) is 0.678. The monoisotopic (exact) mass is 406 g/mol. The highest BCUT2D eigenvalue weighted by Gasteiger charge is 2.19. The first kappa shape index (κ1) is 19.0. The second-order valence-electron chi connectivity index (χ2n) is 6.59. The molecule has 1 aromatic heterocycles. The average Bonchev–Trinajstić information content (AvgIpc) is 3.15. The van der Waals surface area contributed by atoms with Crippen LogP contribution in [0.3, 0.4) is 0 Å². The lowest BCUT2D eigenvalue weighted by Gasteiger charge is -2.21. The van der Waals surface area contributed by atoms with Crippen LogP contribution in [-0.2, 0) is 13.1 Å². The topological polar surface area (TPSA) is 55.6 Å². The van der Waals surface area contributed by atoms with Crippen LogP contribution < -0.4 is 4.74 Å². The Bertz CT molecular complexity index is 1120.